The lowest BCUT2D eigenvalue weighted by Crippen LogP contribution is -2.26. The van der Waals surface area contributed by atoms with Crippen molar-refractivity contribution in [1.82, 2.24) is 25.1 Å². The van der Waals surface area contributed by atoms with Crippen LogP contribution < -0.4 is 10.1 Å². The zero-order chi connectivity index (χ0) is 21.5. The Balaban J connectivity index is 1.61. The SMILES string of the molecule is CCOC(=O)[C@@H](C)Sc1ccc2nnc(CCNC(=O)c3ccc(OC)cc3)n2n1. The van der Waals surface area contributed by atoms with Gasteiger partial charge in [0.25, 0.3) is 5.91 Å². The Hall–Kier alpha value is -3.14. The Morgan fingerprint density at radius 1 is 1.17 bits per heavy atom. The van der Waals surface area contributed by atoms with Gasteiger partial charge in [-0.05, 0) is 50.2 Å². The third-order valence-corrected chi connectivity index (χ3v) is 5.21. The molecule has 30 heavy (non-hydrogen) atoms. The zero-order valence-corrected chi connectivity index (χ0v) is 17.8. The highest BCUT2D eigenvalue weighted by atomic mass is 32.2. The third kappa shape index (κ3) is 5.26. The summed E-state index contributed by atoms with van der Waals surface area (Å²) < 4.78 is 11.8. The Morgan fingerprint density at radius 3 is 2.63 bits per heavy atom. The summed E-state index contributed by atoms with van der Waals surface area (Å²) in [5.74, 6) is 0.846. The fraction of sp³-hybridized carbons (Fsp3) is 0.350. The van der Waals surface area contributed by atoms with Crippen LogP contribution >= 0.6 is 11.8 Å². The van der Waals surface area contributed by atoms with Gasteiger partial charge in [0.15, 0.2) is 11.5 Å². The summed E-state index contributed by atoms with van der Waals surface area (Å²) in [7, 11) is 1.58. The number of fused-ring (bicyclic) bond motifs is 1. The van der Waals surface area contributed by atoms with E-state index in [0.29, 0.717) is 47.4 Å². The molecule has 1 aromatic carbocycles. The molecule has 9 nitrogen and oxygen atoms in total. The van der Waals surface area contributed by atoms with Crippen LogP contribution in [0.2, 0.25) is 0 Å². The highest BCUT2D eigenvalue weighted by Gasteiger charge is 2.17. The maximum absolute atomic E-state index is 12.3. The molecule has 0 aliphatic heterocycles. The molecule has 0 aliphatic rings. The molecule has 0 aliphatic carbocycles. The van der Waals surface area contributed by atoms with E-state index in [1.54, 1.807) is 61.9 Å². The van der Waals surface area contributed by atoms with Gasteiger partial charge in [0, 0.05) is 18.5 Å². The van der Waals surface area contributed by atoms with E-state index in [1.807, 2.05) is 0 Å². The van der Waals surface area contributed by atoms with Crippen molar-refractivity contribution in [2.75, 3.05) is 20.3 Å². The number of aromatic nitrogens is 4. The van der Waals surface area contributed by atoms with Gasteiger partial charge in [0.05, 0.1) is 13.7 Å². The monoisotopic (exact) mass is 429 g/mol. The molecule has 0 saturated carbocycles. The fourth-order valence-electron chi connectivity index (χ4n) is 2.66. The average Bonchev–Trinajstić information content (AvgIpc) is 3.16. The number of ether oxygens (including phenoxy) is 2. The number of thioether (sulfide) groups is 1. The standard InChI is InChI=1S/C20H23N5O4S/c1-4-29-20(27)13(2)30-18-10-9-16-22-23-17(25(16)24-18)11-12-21-19(26)14-5-7-15(28-3)8-6-14/h5-10,13H,4,11-12H2,1-3H3,(H,21,26)/t13-/m1/s1. The molecule has 0 saturated heterocycles. The predicted octanol–water partition coefficient (Wildman–Crippen LogP) is 2.15. The average molecular weight is 430 g/mol. The van der Waals surface area contributed by atoms with Gasteiger partial charge in [0.1, 0.15) is 16.0 Å². The molecule has 1 N–H and O–H groups in total. The second-order valence-electron chi connectivity index (χ2n) is 6.30. The van der Waals surface area contributed by atoms with E-state index in [0.717, 1.165) is 0 Å². The van der Waals surface area contributed by atoms with Crippen molar-refractivity contribution in [3.05, 3.63) is 47.8 Å². The number of rotatable bonds is 9. The second-order valence-corrected chi connectivity index (χ2v) is 7.67. The molecule has 0 fully saturated rings. The van der Waals surface area contributed by atoms with E-state index in [2.05, 4.69) is 20.6 Å². The minimum absolute atomic E-state index is 0.182. The largest absolute Gasteiger partial charge is 0.497 e. The Labute approximate surface area is 178 Å². The third-order valence-electron chi connectivity index (χ3n) is 4.21. The first-order chi connectivity index (χ1) is 14.5. The van der Waals surface area contributed by atoms with Gasteiger partial charge in [-0.2, -0.15) is 9.61 Å². The first-order valence-corrected chi connectivity index (χ1v) is 10.4. The smallest absolute Gasteiger partial charge is 0.319 e. The van der Waals surface area contributed by atoms with E-state index in [1.165, 1.54) is 11.8 Å². The number of nitrogens with one attached hydrogen (secondary N) is 1. The summed E-state index contributed by atoms with van der Waals surface area (Å²) in [4.78, 5) is 24.1. The molecule has 3 rings (SSSR count). The van der Waals surface area contributed by atoms with Gasteiger partial charge >= 0.3 is 5.97 Å². The van der Waals surface area contributed by atoms with Crippen LogP contribution in [-0.2, 0) is 16.0 Å². The van der Waals surface area contributed by atoms with Crippen LogP contribution in [0.25, 0.3) is 5.65 Å². The Bertz CT molecular complexity index is 1020. The maximum atomic E-state index is 12.3. The molecule has 0 spiro atoms. The Morgan fingerprint density at radius 2 is 1.93 bits per heavy atom. The summed E-state index contributed by atoms with van der Waals surface area (Å²) in [6.07, 6.45) is 0.456. The van der Waals surface area contributed by atoms with Crippen molar-refractivity contribution >= 4 is 29.3 Å². The lowest BCUT2D eigenvalue weighted by molar-refractivity contribution is -0.142. The van der Waals surface area contributed by atoms with Gasteiger partial charge in [-0.3, -0.25) is 9.59 Å². The number of esters is 1. The van der Waals surface area contributed by atoms with Crippen molar-refractivity contribution in [1.29, 1.82) is 0 Å². The molecule has 158 valence electrons. The highest BCUT2D eigenvalue weighted by molar-refractivity contribution is 8.00. The number of amides is 1. The van der Waals surface area contributed by atoms with Gasteiger partial charge in [-0.1, -0.05) is 11.8 Å². The lowest BCUT2D eigenvalue weighted by atomic mass is 10.2. The molecule has 1 amide bonds. The second kappa shape index (κ2) is 10.1. The lowest BCUT2D eigenvalue weighted by Gasteiger charge is -2.09. The normalized spacial score (nSPS) is 11.8. The number of methoxy groups -OCH3 is 1. The maximum Gasteiger partial charge on any atom is 0.319 e. The molecule has 1 atom stereocenters. The van der Waals surface area contributed by atoms with E-state index in [-0.39, 0.29) is 17.1 Å². The van der Waals surface area contributed by atoms with Crippen LogP contribution in [0.15, 0.2) is 41.4 Å². The predicted molar refractivity (Wildman–Crippen MR) is 112 cm³/mol. The number of nitrogens with zero attached hydrogens (tertiary/aromatic N) is 4. The molecule has 2 heterocycles. The molecule has 2 aromatic heterocycles. The molecule has 0 bridgehead atoms. The van der Waals surface area contributed by atoms with Crippen molar-refractivity contribution in [2.24, 2.45) is 0 Å². The highest BCUT2D eigenvalue weighted by Crippen LogP contribution is 2.22. The first-order valence-electron chi connectivity index (χ1n) is 9.48. The number of carbonyl (C=O) groups is 2. The number of hydrogen-bond acceptors (Lipinski definition) is 8. The summed E-state index contributed by atoms with van der Waals surface area (Å²) in [5, 5.41) is 15.9. The van der Waals surface area contributed by atoms with Crippen LogP contribution in [0.5, 0.6) is 5.75 Å². The molecular weight excluding hydrogens is 406 g/mol. The van der Waals surface area contributed by atoms with Crippen molar-refractivity contribution in [3.8, 4) is 5.75 Å². The number of carbonyl (C=O) groups excluding carboxylic acids is 2. The van der Waals surface area contributed by atoms with Crippen molar-refractivity contribution < 1.29 is 19.1 Å². The van der Waals surface area contributed by atoms with E-state index < -0.39 is 0 Å². The molecule has 10 heteroatoms. The first kappa shape index (κ1) is 21.6. The molecule has 0 unspecified atom stereocenters. The van der Waals surface area contributed by atoms with Gasteiger partial charge < -0.3 is 14.8 Å². The topological polar surface area (TPSA) is 108 Å². The van der Waals surface area contributed by atoms with Gasteiger partial charge in [-0.25, -0.2) is 0 Å². The van der Waals surface area contributed by atoms with Crippen LogP contribution in [0.4, 0.5) is 0 Å². The van der Waals surface area contributed by atoms with Crippen LogP contribution in [0.3, 0.4) is 0 Å². The molecule has 3 aromatic rings. The summed E-state index contributed by atoms with van der Waals surface area (Å²) in [6, 6.07) is 10.5. The summed E-state index contributed by atoms with van der Waals surface area (Å²) >= 11 is 1.31. The minimum atomic E-state index is -0.376. The Kier molecular flexibility index (Phi) is 7.23. The van der Waals surface area contributed by atoms with Crippen LogP contribution in [0, 0.1) is 0 Å². The van der Waals surface area contributed by atoms with E-state index >= 15 is 0 Å². The quantitative estimate of drug-likeness (QED) is 0.407. The molecular formula is C20H23N5O4S. The van der Waals surface area contributed by atoms with E-state index in [9.17, 15) is 9.59 Å². The number of hydrogen-bond donors (Lipinski definition) is 1. The van der Waals surface area contributed by atoms with E-state index in [4.69, 9.17) is 9.47 Å². The molecule has 0 radical (unpaired) electrons. The number of benzene rings is 1. The van der Waals surface area contributed by atoms with Crippen LogP contribution in [-0.4, -0.2) is 57.2 Å². The zero-order valence-electron chi connectivity index (χ0n) is 17.0. The van der Waals surface area contributed by atoms with Gasteiger partial charge in [-0.15, -0.1) is 10.2 Å². The van der Waals surface area contributed by atoms with Crippen molar-refractivity contribution in [3.63, 3.8) is 0 Å². The summed E-state index contributed by atoms with van der Waals surface area (Å²) in [5.41, 5.74) is 1.14. The van der Waals surface area contributed by atoms with Gasteiger partial charge in [0.2, 0.25) is 0 Å². The minimum Gasteiger partial charge on any atom is -0.497 e. The van der Waals surface area contributed by atoms with Crippen LogP contribution in [0.1, 0.15) is 30.0 Å². The summed E-state index contributed by atoms with van der Waals surface area (Å²) in [6.45, 7) is 4.27. The fourth-order valence-corrected chi connectivity index (χ4v) is 3.46. The van der Waals surface area contributed by atoms with Crippen molar-refractivity contribution in [2.45, 2.75) is 30.5 Å².